The maximum Gasteiger partial charge on any atom is 0.163 e. The van der Waals surface area contributed by atoms with Gasteiger partial charge in [0.05, 0.1) is 6.10 Å². The highest BCUT2D eigenvalue weighted by molar-refractivity contribution is 5.83. The Kier molecular flexibility index (Phi) is 13.3. The maximum absolute atomic E-state index is 11.4. The van der Waals surface area contributed by atoms with Gasteiger partial charge in [-0.05, 0) is 13.3 Å². The van der Waals surface area contributed by atoms with Gasteiger partial charge in [-0.25, -0.2) is 0 Å². The molecule has 0 aromatic carbocycles. The first kappa shape index (κ1) is 19.6. The summed E-state index contributed by atoms with van der Waals surface area (Å²) in [5.41, 5.74) is 0. The van der Waals surface area contributed by atoms with E-state index in [4.69, 9.17) is 5.11 Å². The number of hydrogen-bond donors (Lipinski definition) is 2. The number of carbonyl (C=O) groups excluding carboxylic acids is 1. The zero-order valence-corrected chi connectivity index (χ0v) is 13.4. The molecule has 0 spiro atoms. The quantitative estimate of drug-likeness (QED) is 0.475. The minimum atomic E-state index is -1.20. The normalized spacial score (nSPS) is 14.2. The lowest BCUT2D eigenvalue weighted by Gasteiger charge is -2.11. The lowest BCUT2D eigenvalue weighted by atomic mass is 10.0. The molecule has 3 nitrogen and oxygen atoms in total. The fourth-order valence-corrected chi connectivity index (χ4v) is 2.38. The highest BCUT2D eigenvalue weighted by Gasteiger charge is 2.19. The Hall–Kier alpha value is -0.410. The molecule has 2 unspecified atom stereocenters. The van der Waals surface area contributed by atoms with Crippen LogP contribution in [0.2, 0.25) is 0 Å². The molecule has 0 aliphatic rings. The molecule has 2 N–H and O–H groups in total. The second-order valence-electron chi connectivity index (χ2n) is 5.94. The van der Waals surface area contributed by atoms with Crippen molar-refractivity contribution in [2.45, 2.75) is 103 Å². The topological polar surface area (TPSA) is 57.5 Å². The summed E-state index contributed by atoms with van der Waals surface area (Å²) in [5, 5.41) is 18.5. The van der Waals surface area contributed by atoms with Crippen molar-refractivity contribution in [3.63, 3.8) is 0 Å². The van der Waals surface area contributed by atoms with Gasteiger partial charge in [0.25, 0.3) is 0 Å². The standard InChI is InChI=1S/C17H34O3/c1-3-4-5-6-7-8-9-10-11-12-13-14-16(19)17(20)15(2)18/h15,17-18,20H,3-14H2,1-2H3. The van der Waals surface area contributed by atoms with Gasteiger partial charge in [0, 0.05) is 6.42 Å². The van der Waals surface area contributed by atoms with E-state index in [2.05, 4.69) is 6.92 Å². The fourth-order valence-electron chi connectivity index (χ4n) is 2.38. The fraction of sp³-hybridized carbons (Fsp3) is 0.941. The van der Waals surface area contributed by atoms with E-state index in [1.807, 2.05) is 0 Å². The van der Waals surface area contributed by atoms with Crippen molar-refractivity contribution in [1.82, 2.24) is 0 Å². The van der Waals surface area contributed by atoms with Crippen LogP contribution in [0, 0.1) is 0 Å². The molecule has 120 valence electrons. The number of aliphatic hydroxyl groups excluding tert-OH is 2. The number of hydrogen-bond acceptors (Lipinski definition) is 3. The van der Waals surface area contributed by atoms with Crippen molar-refractivity contribution < 1.29 is 15.0 Å². The van der Waals surface area contributed by atoms with Gasteiger partial charge in [0.1, 0.15) is 6.10 Å². The molecule has 0 aliphatic heterocycles. The van der Waals surface area contributed by atoms with Gasteiger partial charge < -0.3 is 10.2 Å². The van der Waals surface area contributed by atoms with Gasteiger partial charge in [0.2, 0.25) is 0 Å². The summed E-state index contributed by atoms with van der Waals surface area (Å²) in [6, 6.07) is 0. The molecule has 0 aliphatic carbocycles. The summed E-state index contributed by atoms with van der Waals surface area (Å²) >= 11 is 0. The monoisotopic (exact) mass is 286 g/mol. The van der Waals surface area contributed by atoms with Crippen LogP contribution >= 0.6 is 0 Å². The lowest BCUT2D eigenvalue weighted by Crippen LogP contribution is -2.31. The van der Waals surface area contributed by atoms with Gasteiger partial charge >= 0.3 is 0 Å². The zero-order chi connectivity index (χ0) is 15.2. The molecule has 0 heterocycles. The molecule has 0 radical (unpaired) electrons. The molecule has 0 amide bonds. The third kappa shape index (κ3) is 11.4. The van der Waals surface area contributed by atoms with Gasteiger partial charge in [-0.15, -0.1) is 0 Å². The van der Waals surface area contributed by atoms with Crippen LogP contribution in [0.4, 0.5) is 0 Å². The first-order valence-electron chi connectivity index (χ1n) is 8.48. The Labute approximate surface area is 124 Å². The van der Waals surface area contributed by atoms with E-state index in [0.717, 1.165) is 12.8 Å². The van der Waals surface area contributed by atoms with Gasteiger partial charge in [-0.2, -0.15) is 0 Å². The SMILES string of the molecule is CCCCCCCCCCCCCC(=O)C(O)C(C)O. The van der Waals surface area contributed by atoms with Crippen LogP contribution < -0.4 is 0 Å². The van der Waals surface area contributed by atoms with E-state index < -0.39 is 12.2 Å². The van der Waals surface area contributed by atoms with Crippen molar-refractivity contribution in [2.75, 3.05) is 0 Å². The Morgan fingerprint density at radius 2 is 1.20 bits per heavy atom. The smallest absolute Gasteiger partial charge is 0.163 e. The molecule has 0 saturated heterocycles. The van der Waals surface area contributed by atoms with Crippen LogP contribution in [0.25, 0.3) is 0 Å². The van der Waals surface area contributed by atoms with Crippen molar-refractivity contribution in [1.29, 1.82) is 0 Å². The molecule has 3 heteroatoms. The summed E-state index contributed by atoms with van der Waals surface area (Å²) in [7, 11) is 0. The number of rotatable bonds is 14. The van der Waals surface area contributed by atoms with Gasteiger partial charge in [-0.1, -0.05) is 71.1 Å². The summed E-state index contributed by atoms with van der Waals surface area (Å²) in [5.74, 6) is -0.226. The van der Waals surface area contributed by atoms with E-state index in [1.165, 1.54) is 64.7 Å². The lowest BCUT2D eigenvalue weighted by molar-refractivity contribution is -0.132. The molecule has 0 aromatic heterocycles. The molecular weight excluding hydrogens is 252 g/mol. The molecule has 2 atom stereocenters. The van der Waals surface area contributed by atoms with E-state index in [-0.39, 0.29) is 5.78 Å². The number of carbonyl (C=O) groups is 1. The third-order valence-corrected chi connectivity index (χ3v) is 3.81. The molecule has 0 bridgehead atoms. The molecule has 0 rings (SSSR count). The van der Waals surface area contributed by atoms with Crippen LogP contribution in [0.15, 0.2) is 0 Å². The molecule has 0 saturated carbocycles. The van der Waals surface area contributed by atoms with Crippen LogP contribution in [-0.2, 0) is 4.79 Å². The summed E-state index contributed by atoms with van der Waals surface area (Å²) < 4.78 is 0. The van der Waals surface area contributed by atoms with Crippen LogP contribution in [-0.4, -0.2) is 28.2 Å². The van der Waals surface area contributed by atoms with E-state index in [0.29, 0.717) is 6.42 Å². The van der Waals surface area contributed by atoms with E-state index >= 15 is 0 Å². The second kappa shape index (κ2) is 13.6. The predicted molar refractivity (Wildman–Crippen MR) is 83.8 cm³/mol. The Morgan fingerprint density at radius 1 is 0.800 bits per heavy atom. The predicted octanol–water partition coefficient (Wildman–Crippen LogP) is 4.00. The minimum Gasteiger partial charge on any atom is -0.390 e. The zero-order valence-electron chi connectivity index (χ0n) is 13.4. The Morgan fingerprint density at radius 3 is 1.60 bits per heavy atom. The molecule has 0 fully saturated rings. The third-order valence-electron chi connectivity index (χ3n) is 3.81. The largest absolute Gasteiger partial charge is 0.390 e. The van der Waals surface area contributed by atoms with Crippen molar-refractivity contribution in [2.24, 2.45) is 0 Å². The van der Waals surface area contributed by atoms with E-state index in [9.17, 15) is 9.90 Å². The van der Waals surface area contributed by atoms with Crippen molar-refractivity contribution in [3.05, 3.63) is 0 Å². The average Bonchev–Trinajstić information content (AvgIpc) is 2.43. The second-order valence-corrected chi connectivity index (χ2v) is 5.94. The van der Waals surface area contributed by atoms with Crippen molar-refractivity contribution >= 4 is 5.78 Å². The van der Waals surface area contributed by atoms with E-state index in [1.54, 1.807) is 0 Å². The van der Waals surface area contributed by atoms with Crippen LogP contribution in [0.5, 0.6) is 0 Å². The highest BCUT2D eigenvalue weighted by atomic mass is 16.3. The number of unbranched alkanes of at least 4 members (excludes halogenated alkanes) is 10. The number of aliphatic hydroxyl groups is 2. The van der Waals surface area contributed by atoms with Crippen molar-refractivity contribution in [3.8, 4) is 0 Å². The van der Waals surface area contributed by atoms with Crippen LogP contribution in [0.1, 0.15) is 90.9 Å². The molecular formula is C17H34O3. The summed E-state index contributed by atoms with van der Waals surface area (Å²) in [6.45, 7) is 3.69. The van der Waals surface area contributed by atoms with Gasteiger partial charge in [0.15, 0.2) is 5.78 Å². The first-order valence-corrected chi connectivity index (χ1v) is 8.48. The number of Topliss-reactive ketones (excluding diaryl/α,β-unsaturated/α-hetero) is 1. The summed E-state index contributed by atoms with van der Waals surface area (Å²) in [6.07, 6.45) is 12.0. The minimum absolute atomic E-state index is 0.226. The Balaban J connectivity index is 3.23. The maximum atomic E-state index is 11.4. The highest BCUT2D eigenvalue weighted by Crippen LogP contribution is 2.12. The van der Waals surface area contributed by atoms with Gasteiger partial charge in [-0.3, -0.25) is 4.79 Å². The Bertz CT molecular complexity index is 226. The molecule has 20 heavy (non-hydrogen) atoms. The first-order chi connectivity index (χ1) is 9.59. The molecule has 0 aromatic rings. The summed E-state index contributed by atoms with van der Waals surface area (Å²) in [4.78, 5) is 11.4. The van der Waals surface area contributed by atoms with Crippen LogP contribution in [0.3, 0.4) is 0 Å². The average molecular weight is 286 g/mol. The number of ketones is 1.